The molecule has 0 aliphatic rings. The third-order valence-electron chi connectivity index (χ3n) is 1.15. The third-order valence-corrected chi connectivity index (χ3v) is 11.2. The van der Waals surface area contributed by atoms with Gasteiger partial charge in [0.1, 0.15) is 0 Å². The third kappa shape index (κ3) is 2.68. The first kappa shape index (κ1) is 10.5. The monoisotopic (exact) mass is 310 g/mol. The fourth-order valence-corrected chi connectivity index (χ4v) is 8.93. The normalized spacial score (nSPS) is 12.1. The predicted octanol–water partition coefficient (Wildman–Crippen LogP) is 3.57. The Morgan fingerprint density at radius 1 is 1.36 bits per heavy atom. The van der Waals surface area contributed by atoms with Crippen LogP contribution in [-0.4, -0.2) is 10.5 Å². The first-order valence-electron chi connectivity index (χ1n) is 2.74. The van der Waals surface area contributed by atoms with Crippen molar-refractivity contribution >= 4 is 67.2 Å². The zero-order valence-corrected chi connectivity index (χ0v) is 11.4. The van der Waals surface area contributed by atoms with Gasteiger partial charge in [-0.1, -0.05) is 0 Å². The van der Waals surface area contributed by atoms with Gasteiger partial charge in [-0.05, 0) is 0 Å². The molecule has 0 atom stereocenters. The van der Waals surface area contributed by atoms with Crippen LogP contribution in [0.4, 0.5) is 0 Å². The summed E-state index contributed by atoms with van der Waals surface area (Å²) in [6, 6.07) is 1.83. The van der Waals surface area contributed by atoms with Crippen LogP contribution in [0.5, 0.6) is 0 Å². The van der Waals surface area contributed by atoms with Crippen molar-refractivity contribution in [2.24, 2.45) is 0 Å². The molecule has 1 aromatic rings. The fraction of sp³-hybridized carbons (Fsp3) is 0.200. The molecule has 0 nitrogen and oxygen atoms in total. The van der Waals surface area contributed by atoms with Crippen LogP contribution in [0.15, 0.2) is 6.07 Å². The van der Waals surface area contributed by atoms with E-state index in [1.54, 1.807) is 0 Å². The van der Waals surface area contributed by atoms with Crippen molar-refractivity contribution in [3.63, 3.8) is 0 Å². The topological polar surface area (TPSA) is 0 Å². The molecule has 0 saturated carbocycles. The van der Waals surface area contributed by atoms with E-state index in [0.717, 1.165) is 9.27 Å². The Kier molecular flexibility index (Phi) is 3.47. The molecule has 0 unspecified atom stereocenters. The van der Waals surface area contributed by atoms with Crippen LogP contribution >= 0.6 is 53.0 Å². The summed E-state index contributed by atoms with van der Waals surface area (Å²) in [6.07, 6.45) is 0. The maximum atomic E-state index is 5.85. The molecule has 0 saturated heterocycles. The van der Waals surface area contributed by atoms with Crippen molar-refractivity contribution in [3.8, 4) is 0 Å². The van der Waals surface area contributed by atoms with Crippen molar-refractivity contribution < 1.29 is 0 Å². The number of rotatable bonds is 1. The van der Waals surface area contributed by atoms with Gasteiger partial charge < -0.3 is 0 Å². The average Bonchev–Trinajstić information content (AvgIpc) is 2.08. The summed E-state index contributed by atoms with van der Waals surface area (Å²) in [4.78, 5) is 0. The Bertz CT molecular complexity index is 264. The molecule has 0 aromatic carbocycles. The van der Waals surface area contributed by atoms with E-state index in [1.807, 2.05) is 13.0 Å². The minimum atomic E-state index is -3.18. The van der Waals surface area contributed by atoms with Crippen LogP contribution in [0.1, 0.15) is 5.56 Å². The molecule has 1 rings (SSSR count). The van der Waals surface area contributed by atoms with Crippen LogP contribution < -0.4 is 3.71 Å². The fourth-order valence-electron chi connectivity index (χ4n) is 0.725. The summed E-state index contributed by atoms with van der Waals surface area (Å²) < 4.78 is 1.56. The van der Waals surface area contributed by atoms with Gasteiger partial charge in [0.15, 0.2) is 0 Å². The van der Waals surface area contributed by atoms with Crippen LogP contribution in [0.2, 0.25) is 4.34 Å². The second-order valence-corrected chi connectivity index (χ2v) is 19.5. The van der Waals surface area contributed by atoms with Gasteiger partial charge >= 0.3 is 90.0 Å². The number of hydrogen-bond acceptors (Lipinski definition) is 1. The van der Waals surface area contributed by atoms with Crippen LogP contribution in [0.25, 0.3) is 0 Å². The summed E-state index contributed by atoms with van der Waals surface area (Å²) in [7, 11) is 14.4. The molecule has 0 aliphatic carbocycles. The van der Waals surface area contributed by atoms with Crippen molar-refractivity contribution in [1.29, 1.82) is 0 Å². The molecule has 0 spiro atoms. The second-order valence-electron chi connectivity index (χ2n) is 2.06. The second kappa shape index (κ2) is 3.64. The van der Waals surface area contributed by atoms with E-state index in [-0.39, 0.29) is 0 Å². The van der Waals surface area contributed by atoms with Gasteiger partial charge in [-0.25, -0.2) is 0 Å². The molecule has 1 aromatic heterocycles. The first-order chi connectivity index (χ1) is 4.91. The summed E-state index contributed by atoms with van der Waals surface area (Å²) in [5.41, 5.74) is 1.00. The van der Waals surface area contributed by atoms with Gasteiger partial charge in [0.25, 0.3) is 0 Å². The standard InChI is InChI=1S/C5H4Cl4GeS/c1-3-2-4(6)11-5(3)10(7,8)9/h2H,1H3. The molecule has 0 bridgehead atoms. The van der Waals surface area contributed by atoms with E-state index in [4.69, 9.17) is 41.6 Å². The van der Waals surface area contributed by atoms with E-state index in [2.05, 4.69) is 0 Å². The van der Waals surface area contributed by atoms with E-state index < -0.39 is 10.5 Å². The molecule has 11 heavy (non-hydrogen) atoms. The molecule has 6 heteroatoms. The van der Waals surface area contributed by atoms with Crippen molar-refractivity contribution in [1.82, 2.24) is 0 Å². The number of hydrogen-bond donors (Lipinski definition) is 0. The molecular formula is C5H4Cl4GeS. The van der Waals surface area contributed by atoms with E-state index >= 15 is 0 Å². The molecule has 1 heterocycles. The van der Waals surface area contributed by atoms with Crippen LogP contribution in [-0.2, 0) is 0 Å². The van der Waals surface area contributed by atoms with Crippen molar-refractivity contribution in [3.05, 3.63) is 16.0 Å². The quantitative estimate of drug-likeness (QED) is 0.696. The Labute approximate surface area is 89.3 Å². The van der Waals surface area contributed by atoms with Gasteiger partial charge in [0, 0.05) is 0 Å². The van der Waals surface area contributed by atoms with Gasteiger partial charge in [-0.3, -0.25) is 0 Å². The maximum absolute atomic E-state index is 5.85. The minimum absolute atomic E-state index is 0.689. The van der Waals surface area contributed by atoms with E-state index in [9.17, 15) is 0 Å². The van der Waals surface area contributed by atoms with E-state index in [0.29, 0.717) is 4.34 Å². The number of aryl methyl sites for hydroxylation is 1. The van der Waals surface area contributed by atoms with Crippen molar-refractivity contribution in [2.45, 2.75) is 6.92 Å². The first-order valence-corrected chi connectivity index (χ1v) is 13.3. The molecule has 0 amide bonds. The van der Waals surface area contributed by atoms with Crippen LogP contribution in [0, 0.1) is 6.92 Å². The van der Waals surface area contributed by atoms with Gasteiger partial charge in [-0.15, -0.1) is 0 Å². The SMILES string of the molecule is Cc1cc(Cl)s[c]1[Ge]([Cl])([Cl])[Cl]. The van der Waals surface area contributed by atoms with Gasteiger partial charge in [-0.2, -0.15) is 0 Å². The van der Waals surface area contributed by atoms with E-state index in [1.165, 1.54) is 11.3 Å². The number of halogens is 4. The summed E-state index contributed by atoms with van der Waals surface area (Å²) in [5.74, 6) is 0. The Morgan fingerprint density at radius 2 is 1.91 bits per heavy atom. The van der Waals surface area contributed by atoms with Gasteiger partial charge in [0.05, 0.1) is 0 Å². The molecule has 0 N–H and O–H groups in total. The average molecular weight is 311 g/mol. The molecular weight excluding hydrogens is 307 g/mol. The summed E-state index contributed by atoms with van der Waals surface area (Å²) in [6.45, 7) is 1.91. The summed E-state index contributed by atoms with van der Waals surface area (Å²) in [5, 5.41) is 0. The number of thiophene rings is 1. The summed E-state index contributed by atoms with van der Waals surface area (Å²) >= 11 is 7.12. The predicted molar refractivity (Wildman–Crippen MR) is 57.0 cm³/mol. The zero-order chi connectivity index (χ0) is 8.65. The molecule has 0 fully saturated rings. The molecule has 0 radical (unpaired) electrons. The molecule has 62 valence electrons. The van der Waals surface area contributed by atoms with Crippen LogP contribution in [0.3, 0.4) is 0 Å². The Morgan fingerprint density at radius 3 is 2.09 bits per heavy atom. The Hall–Kier alpha value is 1.40. The zero-order valence-electron chi connectivity index (χ0n) is 5.50. The van der Waals surface area contributed by atoms with Crippen molar-refractivity contribution in [2.75, 3.05) is 0 Å². The van der Waals surface area contributed by atoms with Gasteiger partial charge in [0.2, 0.25) is 0 Å². The molecule has 0 aliphatic heterocycles. The Balaban J connectivity index is 3.13.